The highest BCUT2D eigenvalue weighted by atomic mass is 16.2. The second kappa shape index (κ2) is 7.01. The molecule has 0 saturated heterocycles. The molecule has 0 radical (unpaired) electrons. The van der Waals surface area contributed by atoms with E-state index in [1.807, 2.05) is 32.0 Å². The predicted molar refractivity (Wildman–Crippen MR) is 68.2 cm³/mol. The van der Waals surface area contributed by atoms with Crippen LogP contribution in [0.3, 0.4) is 0 Å². The number of hydrogen-bond acceptors (Lipinski definition) is 3. The van der Waals surface area contributed by atoms with Crippen molar-refractivity contribution in [1.29, 1.82) is 0 Å². The average Bonchev–Trinajstić information content (AvgIpc) is 2.36. The number of hydrogen-bond donors (Lipinski definition) is 1. The van der Waals surface area contributed by atoms with Crippen LogP contribution in [0.4, 0.5) is 0 Å². The Kier molecular flexibility index (Phi) is 5.63. The van der Waals surface area contributed by atoms with E-state index in [1.54, 1.807) is 11.1 Å². The molecular formula is C13H21N3O. The first kappa shape index (κ1) is 13.6. The summed E-state index contributed by atoms with van der Waals surface area (Å²) in [6.45, 7) is 5.18. The Labute approximate surface area is 103 Å². The molecule has 1 heterocycles. The minimum absolute atomic E-state index is 0.0139. The molecule has 4 heteroatoms. The van der Waals surface area contributed by atoms with Gasteiger partial charge in [-0.1, -0.05) is 19.4 Å². The smallest absolute Gasteiger partial charge is 0.239 e. The SMILES string of the molecule is CCC[C@H](N)C(=O)N(CC)Cc1ccccn1. The van der Waals surface area contributed by atoms with Gasteiger partial charge >= 0.3 is 0 Å². The van der Waals surface area contributed by atoms with Crippen molar-refractivity contribution in [2.75, 3.05) is 6.54 Å². The van der Waals surface area contributed by atoms with Gasteiger partial charge in [-0.3, -0.25) is 9.78 Å². The number of carbonyl (C=O) groups excluding carboxylic acids is 1. The number of carbonyl (C=O) groups is 1. The van der Waals surface area contributed by atoms with Gasteiger partial charge in [-0.15, -0.1) is 0 Å². The molecule has 94 valence electrons. The quantitative estimate of drug-likeness (QED) is 0.814. The minimum Gasteiger partial charge on any atom is -0.336 e. The lowest BCUT2D eigenvalue weighted by Gasteiger charge is -2.23. The van der Waals surface area contributed by atoms with Gasteiger partial charge in [0, 0.05) is 12.7 Å². The molecule has 0 aliphatic rings. The molecular weight excluding hydrogens is 214 g/mol. The molecule has 4 nitrogen and oxygen atoms in total. The number of nitrogens with two attached hydrogens (primary N) is 1. The highest BCUT2D eigenvalue weighted by Gasteiger charge is 2.19. The third-order valence-electron chi connectivity index (χ3n) is 2.69. The van der Waals surface area contributed by atoms with Gasteiger partial charge in [0.25, 0.3) is 0 Å². The molecule has 0 aromatic carbocycles. The third kappa shape index (κ3) is 4.15. The highest BCUT2D eigenvalue weighted by Crippen LogP contribution is 2.05. The fourth-order valence-electron chi connectivity index (χ4n) is 1.70. The molecule has 0 spiro atoms. The summed E-state index contributed by atoms with van der Waals surface area (Å²) in [5.41, 5.74) is 6.74. The molecule has 1 aromatic rings. The van der Waals surface area contributed by atoms with E-state index in [2.05, 4.69) is 4.98 Å². The number of aromatic nitrogens is 1. The molecule has 1 atom stereocenters. The molecule has 0 bridgehead atoms. The summed E-state index contributed by atoms with van der Waals surface area (Å²) in [7, 11) is 0. The van der Waals surface area contributed by atoms with Crippen LogP contribution in [-0.2, 0) is 11.3 Å². The molecule has 0 aliphatic heterocycles. The van der Waals surface area contributed by atoms with Crippen molar-refractivity contribution in [1.82, 2.24) is 9.88 Å². The normalized spacial score (nSPS) is 12.2. The van der Waals surface area contributed by atoms with Crippen molar-refractivity contribution in [3.05, 3.63) is 30.1 Å². The third-order valence-corrected chi connectivity index (χ3v) is 2.69. The average molecular weight is 235 g/mol. The Morgan fingerprint density at radius 1 is 1.47 bits per heavy atom. The van der Waals surface area contributed by atoms with E-state index in [9.17, 15) is 4.79 Å². The Morgan fingerprint density at radius 3 is 2.76 bits per heavy atom. The van der Waals surface area contributed by atoms with Gasteiger partial charge in [0.15, 0.2) is 0 Å². The van der Waals surface area contributed by atoms with Gasteiger partial charge in [-0.25, -0.2) is 0 Å². The van der Waals surface area contributed by atoms with Crippen LogP contribution in [0.25, 0.3) is 0 Å². The molecule has 1 aromatic heterocycles. The monoisotopic (exact) mass is 235 g/mol. The van der Waals surface area contributed by atoms with Crippen molar-refractivity contribution < 1.29 is 4.79 Å². The van der Waals surface area contributed by atoms with E-state index in [-0.39, 0.29) is 11.9 Å². The lowest BCUT2D eigenvalue weighted by atomic mass is 10.1. The van der Waals surface area contributed by atoms with Crippen LogP contribution in [0, 0.1) is 0 Å². The van der Waals surface area contributed by atoms with Crippen LogP contribution in [0.15, 0.2) is 24.4 Å². The Hall–Kier alpha value is -1.42. The number of pyridine rings is 1. The minimum atomic E-state index is -0.385. The summed E-state index contributed by atoms with van der Waals surface area (Å²) >= 11 is 0. The van der Waals surface area contributed by atoms with Crippen LogP contribution in [0.1, 0.15) is 32.4 Å². The van der Waals surface area contributed by atoms with Crippen LogP contribution in [-0.4, -0.2) is 28.4 Å². The Balaban J connectivity index is 2.62. The highest BCUT2D eigenvalue weighted by molar-refractivity contribution is 5.81. The molecule has 1 amide bonds. The van der Waals surface area contributed by atoms with Crippen LogP contribution in [0.2, 0.25) is 0 Å². The van der Waals surface area contributed by atoms with Gasteiger partial charge in [0.05, 0.1) is 18.3 Å². The molecule has 0 aliphatic carbocycles. The zero-order valence-electron chi connectivity index (χ0n) is 10.6. The van der Waals surface area contributed by atoms with Crippen molar-refractivity contribution >= 4 is 5.91 Å². The lowest BCUT2D eigenvalue weighted by molar-refractivity contribution is -0.133. The van der Waals surface area contributed by atoms with Crippen molar-refractivity contribution in [3.8, 4) is 0 Å². The maximum absolute atomic E-state index is 12.0. The largest absolute Gasteiger partial charge is 0.336 e. The second-order valence-corrected chi connectivity index (χ2v) is 4.07. The summed E-state index contributed by atoms with van der Waals surface area (Å²) < 4.78 is 0. The van der Waals surface area contributed by atoms with E-state index in [1.165, 1.54) is 0 Å². The fourth-order valence-corrected chi connectivity index (χ4v) is 1.70. The molecule has 0 unspecified atom stereocenters. The number of amides is 1. The zero-order chi connectivity index (χ0) is 12.7. The van der Waals surface area contributed by atoms with Crippen molar-refractivity contribution in [3.63, 3.8) is 0 Å². The first-order valence-electron chi connectivity index (χ1n) is 6.13. The summed E-state index contributed by atoms with van der Waals surface area (Å²) in [6.07, 6.45) is 3.39. The van der Waals surface area contributed by atoms with Crippen molar-refractivity contribution in [2.24, 2.45) is 5.73 Å². The predicted octanol–water partition coefficient (Wildman–Crippen LogP) is 1.56. The first-order valence-corrected chi connectivity index (χ1v) is 6.13. The van der Waals surface area contributed by atoms with E-state index < -0.39 is 0 Å². The van der Waals surface area contributed by atoms with Gasteiger partial charge in [-0.2, -0.15) is 0 Å². The lowest BCUT2D eigenvalue weighted by Crippen LogP contribution is -2.43. The standard InChI is InChI=1S/C13H21N3O/c1-3-7-12(14)13(17)16(4-2)10-11-8-5-6-9-15-11/h5-6,8-9,12H,3-4,7,10,14H2,1-2H3/t12-/m0/s1. The zero-order valence-corrected chi connectivity index (χ0v) is 10.6. The summed E-state index contributed by atoms with van der Waals surface area (Å²) in [5.74, 6) is 0.0139. The van der Waals surface area contributed by atoms with E-state index >= 15 is 0 Å². The van der Waals surface area contributed by atoms with E-state index in [4.69, 9.17) is 5.73 Å². The number of likely N-dealkylation sites (N-methyl/N-ethyl adjacent to an activating group) is 1. The number of rotatable bonds is 6. The summed E-state index contributed by atoms with van der Waals surface area (Å²) in [5, 5.41) is 0. The topological polar surface area (TPSA) is 59.2 Å². The van der Waals surface area contributed by atoms with Crippen LogP contribution in [0.5, 0.6) is 0 Å². The van der Waals surface area contributed by atoms with Gasteiger partial charge in [0.1, 0.15) is 0 Å². The van der Waals surface area contributed by atoms with Gasteiger partial charge < -0.3 is 10.6 Å². The summed E-state index contributed by atoms with van der Waals surface area (Å²) in [4.78, 5) is 18.0. The molecule has 17 heavy (non-hydrogen) atoms. The maximum atomic E-state index is 12.0. The second-order valence-electron chi connectivity index (χ2n) is 4.07. The van der Waals surface area contributed by atoms with Crippen LogP contribution >= 0.6 is 0 Å². The van der Waals surface area contributed by atoms with E-state index in [0.717, 1.165) is 18.5 Å². The van der Waals surface area contributed by atoms with Crippen LogP contribution < -0.4 is 5.73 Å². The Bertz CT molecular complexity index is 340. The van der Waals surface area contributed by atoms with Gasteiger partial charge in [0.2, 0.25) is 5.91 Å². The molecule has 2 N–H and O–H groups in total. The van der Waals surface area contributed by atoms with Gasteiger partial charge in [-0.05, 0) is 25.5 Å². The van der Waals surface area contributed by atoms with Crippen molar-refractivity contribution in [2.45, 2.75) is 39.3 Å². The maximum Gasteiger partial charge on any atom is 0.239 e. The van der Waals surface area contributed by atoms with E-state index in [0.29, 0.717) is 13.1 Å². The Morgan fingerprint density at radius 2 is 2.24 bits per heavy atom. The molecule has 1 rings (SSSR count). The summed E-state index contributed by atoms with van der Waals surface area (Å²) in [6, 6.07) is 5.32. The first-order chi connectivity index (χ1) is 8.19. The fraction of sp³-hybridized carbons (Fsp3) is 0.538. The molecule has 0 fully saturated rings. The number of nitrogens with zero attached hydrogens (tertiary/aromatic N) is 2. The molecule has 0 saturated carbocycles.